The van der Waals surface area contributed by atoms with Crippen LogP contribution in [0.15, 0.2) is 23.3 Å². The Balaban J connectivity index is 1.48. The van der Waals surface area contributed by atoms with Crippen LogP contribution in [0.2, 0.25) is 0 Å². The van der Waals surface area contributed by atoms with E-state index < -0.39 is 0 Å². The van der Waals surface area contributed by atoms with Gasteiger partial charge in [0.25, 0.3) is 0 Å². The van der Waals surface area contributed by atoms with Gasteiger partial charge in [-0.3, -0.25) is 4.79 Å². The van der Waals surface area contributed by atoms with E-state index in [-0.39, 0.29) is 0 Å². The summed E-state index contributed by atoms with van der Waals surface area (Å²) in [6, 6.07) is 0. The summed E-state index contributed by atoms with van der Waals surface area (Å²) in [5.74, 6) is 4.89. The Morgan fingerprint density at radius 1 is 1.21 bits per heavy atom. The third-order valence-corrected chi connectivity index (χ3v) is 10.4. The number of fused-ring (bicyclic) bond motifs is 5. The number of rotatable bonds is 5. The van der Waals surface area contributed by atoms with E-state index >= 15 is 0 Å². The summed E-state index contributed by atoms with van der Waals surface area (Å²) in [7, 11) is 0. The lowest BCUT2D eigenvalue weighted by Crippen LogP contribution is -2.50. The molecule has 0 bridgehead atoms. The number of allylic oxidation sites excluding steroid dienone is 4. The monoisotopic (exact) mass is 396 g/mol. The van der Waals surface area contributed by atoms with Gasteiger partial charge in [-0.05, 0) is 106 Å². The average Bonchev–Trinajstić information content (AvgIpc) is 3.05. The molecule has 3 fully saturated rings. The fraction of sp³-hybridized carbons (Fsp3) is 0.821. The van der Waals surface area contributed by atoms with Crippen LogP contribution in [0.3, 0.4) is 0 Å². The molecule has 4 aliphatic rings. The van der Waals surface area contributed by atoms with Gasteiger partial charge in [0.2, 0.25) is 0 Å². The first-order chi connectivity index (χ1) is 13.8. The van der Waals surface area contributed by atoms with Gasteiger partial charge in [0.05, 0.1) is 0 Å². The molecule has 3 saturated carbocycles. The molecule has 0 heterocycles. The molecule has 4 rings (SSSR count). The Morgan fingerprint density at radius 2 is 2.00 bits per heavy atom. The van der Waals surface area contributed by atoms with Crippen molar-refractivity contribution < 1.29 is 4.79 Å². The normalized spacial score (nSPS) is 43.3. The fourth-order valence-corrected chi connectivity index (χ4v) is 8.50. The maximum Gasteiger partial charge on any atom is 0.136 e. The molecule has 0 N–H and O–H groups in total. The van der Waals surface area contributed by atoms with Crippen molar-refractivity contribution in [3.8, 4) is 0 Å². The Bertz CT molecular complexity index is 699. The van der Waals surface area contributed by atoms with Gasteiger partial charge in [-0.25, -0.2) is 0 Å². The van der Waals surface area contributed by atoms with Gasteiger partial charge in [0.1, 0.15) is 5.78 Å². The van der Waals surface area contributed by atoms with Crippen LogP contribution < -0.4 is 0 Å². The maximum atomic E-state index is 12.1. The number of hydrogen-bond acceptors (Lipinski definition) is 1. The summed E-state index contributed by atoms with van der Waals surface area (Å²) in [5.41, 5.74) is 3.95. The Hall–Kier alpha value is -0.850. The fourth-order valence-electron chi connectivity index (χ4n) is 8.50. The van der Waals surface area contributed by atoms with Gasteiger partial charge in [-0.2, -0.15) is 0 Å². The van der Waals surface area contributed by atoms with E-state index in [2.05, 4.69) is 46.8 Å². The van der Waals surface area contributed by atoms with Crippen LogP contribution in [0, 0.1) is 40.4 Å². The zero-order chi connectivity index (χ0) is 20.8. The molecule has 0 spiro atoms. The number of carbonyl (C=O) groups excluding carboxylic acids is 1. The Labute approximate surface area is 179 Å². The highest BCUT2D eigenvalue weighted by atomic mass is 16.1. The Morgan fingerprint density at radius 3 is 2.76 bits per heavy atom. The molecule has 0 saturated heterocycles. The molecular formula is C28H44O. The highest BCUT2D eigenvalue weighted by Crippen LogP contribution is 2.67. The smallest absolute Gasteiger partial charge is 0.136 e. The van der Waals surface area contributed by atoms with Crippen molar-refractivity contribution in [1.29, 1.82) is 0 Å². The predicted octanol–water partition coefficient (Wildman–Crippen LogP) is 7.91. The third kappa shape index (κ3) is 3.59. The van der Waals surface area contributed by atoms with Gasteiger partial charge in [-0.15, -0.1) is 0 Å². The number of ketones is 1. The van der Waals surface area contributed by atoms with E-state index in [0.29, 0.717) is 16.6 Å². The summed E-state index contributed by atoms with van der Waals surface area (Å²) in [5, 5.41) is 0. The quantitative estimate of drug-likeness (QED) is 0.431. The lowest BCUT2D eigenvalue weighted by Gasteiger charge is -2.58. The number of hydrogen-bond donors (Lipinski definition) is 0. The summed E-state index contributed by atoms with van der Waals surface area (Å²) in [4.78, 5) is 12.1. The van der Waals surface area contributed by atoms with Gasteiger partial charge >= 0.3 is 0 Å². The second-order valence-electron chi connectivity index (χ2n) is 11.7. The molecule has 29 heavy (non-hydrogen) atoms. The summed E-state index contributed by atoms with van der Waals surface area (Å²) in [6.45, 7) is 12.2. The van der Waals surface area contributed by atoms with E-state index in [4.69, 9.17) is 0 Å². The minimum atomic E-state index is 0.325. The van der Waals surface area contributed by atoms with Crippen LogP contribution in [0.1, 0.15) is 105 Å². The van der Waals surface area contributed by atoms with Gasteiger partial charge in [0.15, 0.2) is 0 Å². The predicted molar refractivity (Wildman–Crippen MR) is 123 cm³/mol. The zero-order valence-electron chi connectivity index (χ0n) is 19.7. The Kier molecular flexibility index (Phi) is 5.91. The molecule has 0 aromatic rings. The number of carbonyl (C=O) groups is 1. The van der Waals surface area contributed by atoms with Crippen molar-refractivity contribution in [2.24, 2.45) is 40.4 Å². The SMILES string of the molecule is CC=C(C)CCC[C@@H](C)[C@H]1CC[C@H]2[C@@H]3CC=C4CC(=O)CC[C@]4(C)[C@H]3CC[C@]12C. The summed E-state index contributed by atoms with van der Waals surface area (Å²) in [6.07, 6.45) is 18.5. The third-order valence-electron chi connectivity index (χ3n) is 10.4. The van der Waals surface area contributed by atoms with Crippen molar-refractivity contribution in [2.45, 2.75) is 105 Å². The minimum absolute atomic E-state index is 0.325. The second kappa shape index (κ2) is 8.01. The molecule has 162 valence electrons. The molecular weight excluding hydrogens is 352 g/mol. The molecule has 1 nitrogen and oxygen atoms in total. The molecule has 0 aliphatic heterocycles. The molecule has 0 aromatic carbocycles. The molecule has 0 amide bonds. The zero-order valence-corrected chi connectivity index (χ0v) is 19.7. The molecule has 0 aromatic heterocycles. The largest absolute Gasteiger partial charge is 0.299 e. The second-order valence-corrected chi connectivity index (χ2v) is 11.7. The van der Waals surface area contributed by atoms with E-state index in [0.717, 1.165) is 48.9 Å². The molecule has 4 aliphatic carbocycles. The standard InChI is InChI=1S/C28H44O/c1-6-19(2)8-7-9-20(3)24-12-13-25-23-11-10-21-18-22(29)14-16-27(21,4)26(23)15-17-28(24,25)5/h6,10,20,23-26H,7-9,11-18H2,1-5H3/t20-,23+,24-,25+,26+,27+,28-/m1/s1. The first kappa shape index (κ1) is 21.4. The van der Waals surface area contributed by atoms with E-state index in [1.807, 2.05) is 0 Å². The van der Waals surface area contributed by atoms with E-state index in [9.17, 15) is 4.79 Å². The summed E-state index contributed by atoms with van der Waals surface area (Å²) < 4.78 is 0. The first-order valence-corrected chi connectivity index (χ1v) is 12.6. The highest BCUT2D eigenvalue weighted by Gasteiger charge is 2.59. The maximum absolute atomic E-state index is 12.1. The van der Waals surface area contributed by atoms with E-state index in [1.54, 1.807) is 5.57 Å². The van der Waals surface area contributed by atoms with Crippen LogP contribution in [0.4, 0.5) is 0 Å². The molecule has 0 radical (unpaired) electrons. The van der Waals surface area contributed by atoms with Crippen molar-refractivity contribution in [2.75, 3.05) is 0 Å². The molecule has 1 heteroatoms. The van der Waals surface area contributed by atoms with Crippen molar-refractivity contribution in [3.63, 3.8) is 0 Å². The van der Waals surface area contributed by atoms with Gasteiger partial charge < -0.3 is 0 Å². The first-order valence-electron chi connectivity index (χ1n) is 12.6. The van der Waals surface area contributed by atoms with Crippen LogP contribution >= 0.6 is 0 Å². The lowest BCUT2D eigenvalue weighted by molar-refractivity contribution is -0.122. The van der Waals surface area contributed by atoms with Crippen molar-refractivity contribution >= 4 is 5.78 Å². The van der Waals surface area contributed by atoms with Crippen LogP contribution in [-0.4, -0.2) is 5.78 Å². The minimum Gasteiger partial charge on any atom is -0.299 e. The van der Waals surface area contributed by atoms with Crippen molar-refractivity contribution in [1.82, 2.24) is 0 Å². The van der Waals surface area contributed by atoms with Gasteiger partial charge in [0, 0.05) is 12.8 Å². The highest BCUT2D eigenvalue weighted by molar-refractivity contribution is 5.82. The average molecular weight is 397 g/mol. The summed E-state index contributed by atoms with van der Waals surface area (Å²) >= 11 is 0. The topological polar surface area (TPSA) is 17.1 Å². The van der Waals surface area contributed by atoms with Crippen LogP contribution in [0.5, 0.6) is 0 Å². The van der Waals surface area contributed by atoms with Crippen molar-refractivity contribution in [3.05, 3.63) is 23.3 Å². The lowest BCUT2D eigenvalue weighted by atomic mass is 9.47. The molecule has 0 unspecified atom stereocenters. The molecule has 7 atom stereocenters. The van der Waals surface area contributed by atoms with Crippen LogP contribution in [-0.2, 0) is 4.79 Å². The van der Waals surface area contributed by atoms with E-state index in [1.165, 1.54) is 56.9 Å². The van der Waals surface area contributed by atoms with Crippen LogP contribution in [0.25, 0.3) is 0 Å². The van der Waals surface area contributed by atoms with Gasteiger partial charge in [-0.1, -0.05) is 50.5 Å². The number of Topliss-reactive ketones (excluding diaryl/α,β-unsaturated/α-hetero) is 1.